The van der Waals surface area contributed by atoms with Crippen LogP contribution in [0.15, 0.2) is 161 Å². The van der Waals surface area contributed by atoms with Crippen LogP contribution in [0.25, 0.3) is 0 Å². The van der Waals surface area contributed by atoms with Gasteiger partial charge in [0.15, 0.2) is 12.4 Å². The topological polar surface area (TPSA) is 91.8 Å². The van der Waals surface area contributed by atoms with Crippen LogP contribution in [0.2, 0.25) is 5.04 Å². The van der Waals surface area contributed by atoms with Crippen LogP contribution in [0.3, 0.4) is 0 Å². The average molecular weight is 771 g/mol. The van der Waals surface area contributed by atoms with E-state index in [1.165, 1.54) is 6.20 Å². The molecule has 0 unspecified atom stereocenters. The Labute approximate surface area is 327 Å². The minimum absolute atomic E-state index is 0.0613. The molecule has 1 aliphatic rings. The van der Waals surface area contributed by atoms with E-state index in [0.717, 1.165) is 31.6 Å². The average Bonchev–Trinajstić information content (AvgIpc) is 3.52. The van der Waals surface area contributed by atoms with Crippen LogP contribution in [-0.4, -0.2) is 50.0 Å². The number of ether oxygens (including phenoxy) is 3. The molecule has 6 aromatic rings. The molecule has 0 amide bonds. The van der Waals surface area contributed by atoms with Gasteiger partial charge in [0.2, 0.25) is 0 Å². The summed E-state index contributed by atoms with van der Waals surface area (Å²) in [5, 5.41) is 1.72. The van der Waals surface area contributed by atoms with Crippen LogP contribution in [0, 0.1) is 6.92 Å². The zero-order valence-electron chi connectivity index (χ0n) is 32.2. The molecule has 0 saturated carbocycles. The molecule has 1 N–H and O–H groups in total. The highest BCUT2D eigenvalue weighted by Crippen LogP contribution is 2.46. The predicted molar refractivity (Wildman–Crippen MR) is 219 cm³/mol. The molecule has 2 heterocycles. The van der Waals surface area contributed by atoms with Gasteiger partial charge in [-0.05, 0) is 51.2 Å². The van der Waals surface area contributed by atoms with Gasteiger partial charge in [-0.15, -0.1) is 0 Å². The third-order valence-electron chi connectivity index (χ3n) is 10.7. The number of nitrogens with zero attached hydrogens (tertiary/aromatic N) is 1. The number of alkyl halides is 1. The molecule has 1 aliphatic heterocycles. The number of benzene rings is 5. The maximum absolute atomic E-state index is 17.7. The summed E-state index contributed by atoms with van der Waals surface area (Å²) in [6.07, 6.45) is -4.26. The van der Waals surface area contributed by atoms with Crippen molar-refractivity contribution in [2.24, 2.45) is 0 Å². The van der Waals surface area contributed by atoms with E-state index in [1.807, 2.05) is 121 Å². The second-order valence-corrected chi connectivity index (χ2v) is 19.5. The molecule has 1 fully saturated rings. The van der Waals surface area contributed by atoms with Gasteiger partial charge in [0, 0.05) is 11.8 Å². The summed E-state index contributed by atoms with van der Waals surface area (Å²) in [7, 11) is -1.54. The van der Waals surface area contributed by atoms with Gasteiger partial charge in [0.05, 0.1) is 13.7 Å². The molecule has 0 radical (unpaired) electrons. The first-order valence-electron chi connectivity index (χ1n) is 18.8. The van der Waals surface area contributed by atoms with E-state index in [4.69, 9.17) is 18.6 Å². The summed E-state index contributed by atoms with van der Waals surface area (Å²) in [5.74, 6) is 0.654. The van der Waals surface area contributed by atoms with E-state index in [-0.39, 0.29) is 17.2 Å². The Morgan fingerprint density at radius 1 is 0.732 bits per heavy atom. The highest BCUT2D eigenvalue weighted by Gasteiger charge is 2.55. The van der Waals surface area contributed by atoms with E-state index >= 15 is 4.39 Å². The Balaban J connectivity index is 1.41. The van der Waals surface area contributed by atoms with Gasteiger partial charge < -0.3 is 18.6 Å². The molecule has 5 aromatic carbocycles. The SMILES string of the molecule is COc1ccc(C(O[C@H]2[C@H](F)[C@H](n3cc(C)c(=O)[nH]c3=O)O[C@@H]2CO[Si](c2ccccc2)(c2ccccc2)C(C)(C)C)(c2ccccc2)c2ccccc2)cc1. The molecule has 288 valence electrons. The van der Waals surface area contributed by atoms with E-state index < -0.39 is 49.8 Å². The maximum Gasteiger partial charge on any atom is 0.330 e. The number of methoxy groups -OCH3 is 1. The Bertz CT molecular complexity index is 2250. The lowest BCUT2D eigenvalue weighted by Gasteiger charge is -2.44. The summed E-state index contributed by atoms with van der Waals surface area (Å²) < 4.78 is 45.7. The predicted octanol–water partition coefficient (Wildman–Crippen LogP) is 7.04. The van der Waals surface area contributed by atoms with Gasteiger partial charge in [-0.2, -0.15) is 0 Å². The minimum Gasteiger partial charge on any atom is -0.497 e. The monoisotopic (exact) mass is 770 g/mol. The molecule has 4 atom stereocenters. The number of aryl methyl sites for hydroxylation is 1. The van der Waals surface area contributed by atoms with Crippen LogP contribution in [0.5, 0.6) is 5.75 Å². The lowest BCUT2D eigenvalue weighted by molar-refractivity contribution is -0.103. The fourth-order valence-electron chi connectivity index (χ4n) is 8.02. The van der Waals surface area contributed by atoms with Crippen molar-refractivity contribution in [2.75, 3.05) is 13.7 Å². The van der Waals surface area contributed by atoms with Crippen LogP contribution in [0.4, 0.5) is 4.39 Å². The van der Waals surface area contributed by atoms with Crippen molar-refractivity contribution in [3.05, 3.63) is 195 Å². The molecule has 0 spiro atoms. The highest BCUT2D eigenvalue weighted by atomic mass is 28.4. The Hall–Kier alpha value is -5.39. The number of nitrogens with one attached hydrogen (secondary N) is 1. The van der Waals surface area contributed by atoms with Crippen molar-refractivity contribution in [1.82, 2.24) is 9.55 Å². The van der Waals surface area contributed by atoms with Gasteiger partial charge in [-0.3, -0.25) is 14.3 Å². The lowest BCUT2D eigenvalue weighted by Crippen LogP contribution is -2.67. The quantitative estimate of drug-likeness (QED) is 0.106. The van der Waals surface area contributed by atoms with E-state index in [0.29, 0.717) is 5.75 Å². The number of aromatic nitrogens is 2. The molecular formula is C46H47FN2O6Si. The summed E-state index contributed by atoms with van der Waals surface area (Å²) >= 11 is 0. The zero-order chi connectivity index (χ0) is 39.5. The van der Waals surface area contributed by atoms with Crippen LogP contribution in [0.1, 0.15) is 49.3 Å². The number of H-pyrrole nitrogens is 1. The number of rotatable bonds is 12. The summed E-state index contributed by atoms with van der Waals surface area (Å²) in [4.78, 5) is 28.1. The number of aromatic amines is 1. The van der Waals surface area contributed by atoms with E-state index in [9.17, 15) is 9.59 Å². The van der Waals surface area contributed by atoms with Gasteiger partial charge in [-0.1, -0.05) is 154 Å². The second kappa shape index (κ2) is 16.0. The zero-order valence-corrected chi connectivity index (χ0v) is 33.2. The first kappa shape index (κ1) is 38.9. The van der Waals surface area contributed by atoms with Gasteiger partial charge in [0.25, 0.3) is 13.9 Å². The first-order valence-corrected chi connectivity index (χ1v) is 20.7. The molecule has 10 heteroatoms. The first-order chi connectivity index (χ1) is 27.0. The molecule has 0 bridgehead atoms. The molecule has 0 aliphatic carbocycles. The standard InChI is InChI=1S/C46H47FN2O6Si/c1-32-30-49(44(51)48-42(32)50)43-40(47)41(39(54-43)31-53-56(45(2,3)4,37-22-14-8-15-23-37)38-24-16-9-17-25-38)55-46(33-18-10-6-11-19-33,34-20-12-7-13-21-34)35-26-28-36(52-5)29-27-35/h6-30,39-41,43H,31H2,1-5H3,(H,48,50,51)/t39-,40+,41-,43-/m1/s1. The molecular weight excluding hydrogens is 724 g/mol. The van der Waals surface area contributed by atoms with Crippen molar-refractivity contribution >= 4 is 18.7 Å². The summed E-state index contributed by atoms with van der Waals surface area (Å²) in [5.41, 5.74) is -0.199. The van der Waals surface area contributed by atoms with Crippen molar-refractivity contribution in [2.45, 2.75) is 62.9 Å². The highest BCUT2D eigenvalue weighted by molar-refractivity contribution is 6.99. The Morgan fingerprint density at radius 3 is 1.70 bits per heavy atom. The van der Waals surface area contributed by atoms with Crippen LogP contribution >= 0.6 is 0 Å². The maximum atomic E-state index is 17.7. The van der Waals surface area contributed by atoms with Gasteiger partial charge in [-0.25, -0.2) is 9.18 Å². The van der Waals surface area contributed by atoms with E-state index in [1.54, 1.807) is 14.0 Å². The fraction of sp³-hybridized carbons (Fsp3) is 0.261. The van der Waals surface area contributed by atoms with Crippen molar-refractivity contribution in [3.63, 3.8) is 0 Å². The van der Waals surface area contributed by atoms with Gasteiger partial charge >= 0.3 is 5.69 Å². The Kier molecular flexibility index (Phi) is 11.1. The molecule has 8 nitrogen and oxygen atoms in total. The van der Waals surface area contributed by atoms with Crippen molar-refractivity contribution < 1.29 is 23.0 Å². The second-order valence-electron chi connectivity index (χ2n) is 15.2. The summed E-state index contributed by atoms with van der Waals surface area (Å²) in [6, 6.07) is 47.3. The largest absolute Gasteiger partial charge is 0.497 e. The third kappa shape index (κ3) is 7.10. The smallest absolute Gasteiger partial charge is 0.330 e. The van der Waals surface area contributed by atoms with Crippen molar-refractivity contribution in [1.29, 1.82) is 0 Å². The molecule has 7 rings (SSSR count). The van der Waals surface area contributed by atoms with E-state index in [2.05, 4.69) is 50.0 Å². The van der Waals surface area contributed by atoms with Crippen LogP contribution < -0.4 is 26.4 Å². The lowest BCUT2D eigenvalue weighted by atomic mass is 9.79. The molecule has 1 aromatic heterocycles. The minimum atomic E-state index is -3.15. The van der Waals surface area contributed by atoms with Crippen molar-refractivity contribution in [3.8, 4) is 5.75 Å². The molecule has 1 saturated heterocycles. The molecule has 56 heavy (non-hydrogen) atoms. The third-order valence-corrected chi connectivity index (χ3v) is 15.7. The summed E-state index contributed by atoms with van der Waals surface area (Å²) in [6.45, 7) is 8.02. The Morgan fingerprint density at radius 2 is 1.21 bits per heavy atom. The van der Waals surface area contributed by atoms with Gasteiger partial charge in [0.1, 0.15) is 23.6 Å². The number of halogens is 1. The normalized spacial score (nSPS) is 18.8. The number of hydrogen-bond acceptors (Lipinski definition) is 6. The number of hydrogen-bond donors (Lipinski definition) is 1. The van der Waals surface area contributed by atoms with Crippen LogP contribution in [-0.2, 0) is 19.5 Å². The fourth-order valence-corrected chi connectivity index (χ4v) is 12.6.